The second-order valence-electron chi connectivity index (χ2n) is 12.1. The fourth-order valence-corrected chi connectivity index (χ4v) is 9.70. The molecule has 1 amide bonds. The average Bonchev–Trinajstić information content (AvgIpc) is 2.86. The Balaban J connectivity index is 2.13. The van der Waals surface area contributed by atoms with E-state index in [1.54, 1.807) is 15.7 Å². The summed E-state index contributed by atoms with van der Waals surface area (Å²) >= 11 is 6.41. The van der Waals surface area contributed by atoms with Crippen molar-refractivity contribution in [3.8, 4) is 0 Å². The number of carbonyl (C=O) groups is 2. The molecule has 2 aromatic rings. The van der Waals surface area contributed by atoms with E-state index in [2.05, 4.69) is 5.32 Å². The summed E-state index contributed by atoms with van der Waals surface area (Å²) in [6.45, 7) is 2.92. The number of sulfone groups is 1. The summed E-state index contributed by atoms with van der Waals surface area (Å²) in [6, 6.07) is 4.59. The van der Waals surface area contributed by atoms with Crippen LogP contribution in [-0.4, -0.2) is 99.9 Å². The Morgan fingerprint density at radius 3 is 2.31 bits per heavy atom. The molecule has 4 atom stereocenters. The highest BCUT2D eigenvalue weighted by Crippen LogP contribution is 2.56. The van der Waals surface area contributed by atoms with Gasteiger partial charge < -0.3 is 20.3 Å². The topological polar surface area (TPSA) is 130 Å². The summed E-state index contributed by atoms with van der Waals surface area (Å²) in [5.74, 6) is -7.06. The summed E-state index contributed by atoms with van der Waals surface area (Å²) in [6.07, 6.45) is -1.22. The van der Waals surface area contributed by atoms with Gasteiger partial charge in [-0.15, -0.1) is 0 Å². The highest BCUT2D eigenvalue weighted by molar-refractivity contribution is 7.92. The molecular formula is C24H32B6ClF2NO7S. The predicted molar refractivity (Wildman–Crippen MR) is 174 cm³/mol. The minimum atomic E-state index is -4.44. The van der Waals surface area contributed by atoms with Gasteiger partial charge in [-0.2, -0.15) is 0 Å². The van der Waals surface area contributed by atoms with Crippen LogP contribution in [0.2, 0.25) is 10.2 Å². The molecule has 0 bridgehead atoms. The van der Waals surface area contributed by atoms with E-state index in [0.29, 0.717) is 6.42 Å². The number of aliphatic hydroxyl groups is 2. The van der Waals surface area contributed by atoms with Gasteiger partial charge >= 0.3 is 0 Å². The van der Waals surface area contributed by atoms with Gasteiger partial charge in [-0.05, 0) is 43.1 Å². The van der Waals surface area contributed by atoms with Crippen LogP contribution in [-0.2, 0) is 19.4 Å². The Kier molecular flexibility index (Phi) is 9.68. The van der Waals surface area contributed by atoms with Gasteiger partial charge in [-0.25, -0.2) is 17.2 Å². The van der Waals surface area contributed by atoms with Crippen molar-refractivity contribution in [1.82, 2.24) is 0 Å². The Morgan fingerprint density at radius 2 is 1.76 bits per heavy atom. The molecule has 1 aliphatic heterocycles. The first kappa shape index (κ1) is 34.4. The Bertz CT molecular complexity index is 1550. The summed E-state index contributed by atoms with van der Waals surface area (Å²) in [5, 5.41) is 20.4. The van der Waals surface area contributed by atoms with E-state index in [4.69, 9.17) is 16.3 Å². The maximum Gasteiger partial charge on any atom is 0.255 e. The van der Waals surface area contributed by atoms with Crippen molar-refractivity contribution in [3.05, 3.63) is 46.5 Å². The zero-order valence-corrected chi connectivity index (χ0v) is 26.5. The highest BCUT2D eigenvalue weighted by atomic mass is 35.5. The van der Waals surface area contributed by atoms with Crippen LogP contribution >= 0.6 is 11.6 Å². The number of carbonyl (C=O) groups excluding carboxylic acids is 2. The number of aliphatic hydroxyl groups excluding tert-OH is 1. The van der Waals surface area contributed by atoms with E-state index in [1.165, 1.54) is 43.5 Å². The lowest BCUT2D eigenvalue weighted by Crippen LogP contribution is -2.73. The van der Waals surface area contributed by atoms with Crippen LogP contribution in [0.4, 0.5) is 14.5 Å². The molecule has 1 saturated heterocycles. The van der Waals surface area contributed by atoms with Crippen LogP contribution in [0.5, 0.6) is 0 Å². The maximum atomic E-state index is 14.4. The number of rotatable bonds is 8. The van der Waals surface area contributed by atoms with Gasteiger partial charge in [0.15, 0.2) is 33.4 Å². The number of hydrogen-bond acceptors (Lipinski definition) is 7. The molecular weight excluding hydrogens is 585 g/mol. The zero-order chi connectivity index (χ0) is 32.2. The summed E-state index contributed by atoms with van der Waals surface area (Å²) in [7, 11) is 4.49. The molecule has 18 heteroatoms. The van der Waals surface area contributed by atoms with Crippen molar-refractivity contribution in [2.24, 2.45) is 5.92 Å². The van der Waals surface area contributed by atoms with Gasteiger partial charge in [0, 0.05) is 22.6 Å². The molecule has 42 heavy (non-hydrogen) atoms. The molecule has 8 nitrogen and oxygen atoms in total. The fraction of sp³-hybridized carbons (Fsp3) is 0.417. The van der Waals surface area contributed by atoms with Gasteiger partial charge in [0.2, 0.25) is 5.79 Å². The number of anilines is 1. The maximum absolute atomic E-state index is 14.4. The number of hydrogen-bond donors (Lipinski definition) is 3. The molecule has 220 valence electrons. The molecule has 3 N–H and O–H groups in total. The minimum Gasteiger partial charge on any atom is -0.380 e. The second kappa shape index (κ2) is 11.8. The molecule has 1 fully saturated rings. The van der Waals surface area contributed by atoms with Crippen molar-refractivity contribution in [2.45, 2.75) is 59.3 Å². The summed E-state index contributed by atoms with van der Waals surface area (Å²) in [4.78, 5) is 25.0. The third kappa shape index (κ3) is 5.87. The van der Waals surface area contributed by atoms with Gasteiger partial charge in [-0.3, -0.25) is 9.59 Å². The minimum absolute atomic E-state index is 0.0481. The SMILES string of the molecule is Bc1cc(F)c(F)c(B)c1NC(=O)c1ccc(Cl)c(S(=O)(=O)[C@@H]2C(B)(B)O[C@](O)(C(O)C(C)=O)[C@@H](CCC)C2(B)B)c1. The van der Waals surface area contributed by atoms with Gasteiger partial charge in [-0.1, -0.05) is 35.6 Å². The Labute approximate surface area is 255 Å². The average molecular weight is 617 g/mol. The zero-order valence-electron chi connectivity index (χ0n) is 24.9. The molecule has 2 aromatic carbocycles. The molecule has 1 unspecified atom stereocenters. The standard InChI is InChI=1S/C24H32B6ClF2NO7S/c1-3-4-15-22(27,28)21(24(29,30)41-23(15,38)19(36)9(2)35)42(39,40)14-7-10(5-6-12(14)31)20(37)34-18-11(25)8-13(32)17(33)16(18)26/h5-8,15,19,21,36,38H,3-4,25-30H2,1-2H3,(H,34,37)/t15-,19?,21-,23-/m0/s1. The normalized spacial score (nSPS) is 24.1. The number of ketones is 1. The molecule has 0 spiro atoms. The van der Waals surface area contributed by atoms with Crippen molar-refractivity contribution in [3.63, 3.8) is 0 Å². The molecule has 3 rings (SSSR count). The van der Waals surface area contributed by atoms with Gasteiger partial charge in [0.1, 0.15) is 47.1 Å². The molecule has 0 aromatic heterocycles. The third-order valence-electron chi connectivity index (χ3n) is 8.19. The molecule has 1 aliphatic rings. The number of nitrogens with one attached hydrogen (secondary N) is 1. The van der Waals surface area contributed by atoms with Crippen LogP contribution in [0, 0.1) is 17.6 Å². The van der Waals surface area contributed by atoms with E-state index < -0.39 is 66.8 Å². The van der Waals surface area contributed by atoms with Crippen LogP contribution in [0.1, 0.15) is 37.0 Å². The van der Waals surface area contributed by atoms with Crippen molar-refractivity contribution >= 4 is 96.8 Å². The van der Waals surface area contributed by atoms with Gasteiger partial charge in [0.05, 0.1) is 15.2 Å². The van der Waals surface area contributed by atoms with E-state index in [-0.39, 0.29) is 38.5 Å². The smallest absolute Gasteiger partial charge is 0.255 e. The van der Waals surface area contributed by atoms with Crippen molar-refractivity contribution < 1.29 is 41.7 Å². The first-order chi connectivity index (χ1) is 19.1. The fourth-order valence-electron chi connectivity index (χ4n) is 6.61. The van der Waals surface area contributed by atoms with E-state index >= 15 is 0 Å². The highest BCUT2D eigenvalue weighted by Gasteiger charge is 2.66. The molecule has 0 aliphatic carbocycles. The lowest BCUT2D eigenvalue weighted by molar-refractivity contribution is -0.313. The van der Waals surface area contributed by atoms with Crippen LogP contribution in [0.3, 0.4) is 0 Å². The monoisotopic (exact) mass is 617 g/mol. The van der Waals surface area contributed by atoms with Crippen LogP contribution in [0.15, 0.2) is 29.2 Å². The number of ether oxygens (including phenoxy) is 1. The van der Waals surface area contributed by atoms with E-state index in [0.717, 1.165) is 19.1 Å². The first-order valence-corrected chi connectivity index (χ1v) is 15.5. The van der Waals surface area contributed by atoms with Crippen molar-refractivity contribution in [1.29, 1.82) is 0 Å². The predicted octanol–water partition coefficient (Wildman–Crippen LogP) is -4.08. The number of amides is 1. The lowest BCUT2D eigenvalue weighted by atomic mass is 9.37. The quantitative estimate of drug-likeness (QED) is 0.257. The second-order valence-corrected chi connectivity index (χ2v) is 14.6. The summed E-state index contributed by atoms with van der Waals surface area (Å²) in [5.41, 5.74) is 0.0914. The largest absolute Gasteiger partial charge is 0.380 e. The Morgan fingerprint density at radius 1 is 1.17 bits per heavy atom. The van der Waals surface area contributed by atoms with Crippen LogP contribution in [0.25, 0.3) is 0 Å². The van der Waals surface area contributed by atoms with Gasteiger partial charge in [0.25, 0.3) is 5.91 Å². The van der Waals surface area contributed by atoms with Crippen LogP contribution < -0.4 is 16.2 Å². The van der Waals surface area contributed by atoms with Crippen molar-refractivity contribution in [2.75, 3.05) is 5.32 Å². The third-order valence-corrected chi connectivity index (χ3v) is 11.4. The molecule has 0 saturated carbocycles. The van der Waals surface area contributed by atoms with E-state index in [1.807, 2.05) is 6.92 Å². The molecule has 0 radical (unpaired) electrons. The molecule has 1 heterocycles. The number of Topliss-reactive ketones (excluding diaryl/α,β-unsaturated/α-hetero) is 1. The number of benzene rings is 2. The number of halogens is 3. The van der Waals surface area contributed by atoms with E-state index in [9.17, 15) is 37.0 Å². The Hall–Kier alpha value is -2.05. The lowest BCUT2D eigenvalue weighted by Gasteiger charge is -2.60. The first-order valence-electron chi connectivity index (χ1n) is 13.6. The summed E-state index contributed by atoms with van der Waals surface area (Å²) < 4.78 is 62.8.